The van der Waals surface area contributed by atoms with Crippen LogP contribution in [0.5, 0.6) is 0 Å². The Morgan fingerprint density at radius 3 is 2.03 bits per heavy atom. The van der Waals surface area contributed by atoms with Gasteiger partial charge in [-0.1, -0.05) is 48.7 Å². The van der Waals surface area contributed by atoms with Crippen LogP contribution in [-0.2, 0) is 23.9 Å². The lowest BCUT2D eigenvalue weighted by Crippen LogP contribution is -2.57. The third-order valence-electron chi connectivity index (χ3n) is 3.96. The van der Waals surface area contributed by atoms with Crippen molar-refractivity contribution in [2.75, 3.05) is 13.2 Å². The van der Waals surface area contributed by atoms with Gasteiger partial charge in [-0.2, -0.15) is 0 Å². The predicted octanol–water partition coefficient (Wildman–Crippen LogP) is 1.74. The van der Waals surface area contributed by atoms with Gasteiger partial charge < -0.3 is 31.5 Å². The molecule has 0 radical (unpaired) electrons. The van der Waals surface area contributed by atoms with Crippen LogP contribution in [0.4, 0.5) is 0 Å². The lowest BCUT2D eigenvalue weighted by molar-refractivity contribution is -0.145. The van der Waals surface area contributed by atoms with Gasteiger partial charge in [0.05, 0.1) is 6.04 Å². The monoisotopic (exact) mass is 534 g/mol. The smallest absolute Gasteiger partial charge is 0.323 e. The summed E-state index contributed by atoms with van der Waals surface area (Å²) in [6.45, 7) is 11.1. The minimum absolute atomic E-state index is 0.0577. The summed E-state index contributed by atoms with van der Waals surface area (Å²) in [7, 11) is 0. The highest BCUT2D eigenvalue weighted by Gasteiger charge is 2.28. The highest BCUT2D eigenvalue weighted by atomic mass is 35.6. The van der Waals surface area contributed by atoms with E-state index in [1.54, 1.807) is 6.92 Å². The summed E-state index contributed by atoms with van der Waals surface area (Å²) in [6, 6.07) is -2.01. The molecule has 3 atom stereocenters. The summed E-state index contributed by atoms with van der Waals surface area (Å²) in [6.07, 6.45) is 0.723. The molecule has 3 unspecified atom stereocenters. The second-order valence-corrected chi connectivity index (χ2v) is 11.2. The fourth-order valence-electron chi connectivity index (χ4n) is 2.43. The summed E-state index contributed by atoms with van der Waals surface area (Å²) in [5.41, 5.74) is 5.48. The van der Waals surface area contributed by atoms with Gasteiger partial charge in [-0.25, -0.2) is 0 Å². The van der Waals surface area contributed by atoms with E-state index in [1.807, 2.05) is 34.6 Å². The van der Waals surface area contributed by atoms with Gasteiger partial charge >= 0.3 is 5.97 Å². The molecule has 0 aliphatic heterocycles. The molecule has 0 aliphatic carbocycles. The number of carbonyl (C=O) groups excluding carboxylic acids is 3. The maximum absolute atomic E-state index is 12.6. The minimum Gasteiger partial charge on any atom is -0.483 e. The average Bonchev–Trinajstić information content (AvgIpc) is 2.66. The van der Waals surface area contributed by atoms with E-state index in [0.29, 0.717) is 13.0 Å². The van der Waals surface area contributed by atoms with Gasteiger partial charge in [-0.05, 0) is 46.5 Å². The van der Waals surface area contributed by atoms with Crippen LogP contribution in [0.25, 0.3) is 0 Å². The van der Waals surface area contributed by atoms with Crippen LogP contribution in [0.15, 0.2) is 0 Å². The van der Waals surface area contributed by atoms with E-state index in [4.69, 9.17) is 55.2 Å². The molecule has 10 nitrogen and oxygen atoms in total. The van der Waals surface area contributed by atoms with Crippen LogP contribution in [0.3, 0.4) is 0 Å². The van der Waals surface area contributed by atoms with Crippen LogP contribution >= 0.6 is 34.8 Å². The van der Waals surface area contributed by atoms with Crippen molar-refractivity contribution in [1.82, 2.24) is 16.0 Å². The van der Waals surface area contributed by atoms with Crippen molar-refractivity contribution in [3.05, 3.63) is 0 Å². The first kappa shape index (κ1) is 33.8. The number of hydrogen-bond acceptors (Lipinski definition) is 7. The maximum atomic E-state index is 12.6. The summed E-state index contributed by atoms with van der Waals surface area (Å²) in [5, 5.41) is 15.6. The molecule has 0 saturated carbocycles. The molecule has 13 heteroatoms. The van der Waals surface area contributed by atoms with Crippen LogP contribution in [0.1, 0.15) is 54.4 Å². The molecule has 0 fully saturated rings. The Kier molecular flexibility index (Phi) is 16.7. The van der Waals surface area contributed by atoms with E-state index in [2.05, 4.69) is 16.0 Å². The topological polar surface area (TPSA) is 160 Å². The van der Waals surface area contributed by atoms with E-state index >= 15 is 0 Å². The Labute approximate surface area is 210 Å². The zero-order valence-electron chi connectivity index (χ0n) is 19.9. The molecule has 0 aromatic heterocycles. The molecule has 0 spiro atoms. The average molecular weight is 536 g/mol. The number of nitrogens with one attached hydrogen (secondary N) is 3. The van der Waals surface area contributed by atoms with Crippen LogP contribution in [0.2, 0.25) is 0 Å². The Morgan fingerprint density at radius 2 is 1.61 bits per heavy atom. The molecular formula is C20H37Cl3N4O6. The predicted molar refractivity (Wildman–Crippen MR) is 129 cm³/mol. The molecule has 0 rings (SSSR count). The summed E-state index contributed by atoms with van der Waals surface area (Å²) in [4.78, 5) is 44.9. The third-order valence-corrected chi connectivity index (χ3v) is 4.29. The maximum Gasteiger partial charge on any atom is 0.323 e. The molecule has 0 saturated heterocycles. The SMILES string of the molecule is CC(NC(=O)C(NC(C)(C)C)C(C)C)C(=O)NCCCC(N)C(=O)OCC(Cl)(Cl)Cl.O=CO. The first-order chi connectivity index (χ1) is 14.9. The van der Waals surface area contributed by atoms with Gasteiger partial charge in [0.25, 0.3) is 6.47 Å². The number of amides is 2. The van der Waals surface area contributed by atoms with Crippen molar-refractivity contribution in [3.8, 4) is 0 Å². The van der Waals surface area contributed by atoms with E-state index < -0.39 is 27.9 Å². The zero-order chi connectivity index (χ0) is 26.4. The number of rotatable bonds is 11. The summed E-state index contributed by atoms with van der Waals surface area (Å²) in [5.74, 6) is -1.18. The third kappa shape index (κ3) is 18.7. The first-order valence-corrected chi connectivity index (χ1v) is 11.5. The second-order valence-electron chi connectivity index (χ2n) is 8.71. The first-order valence-electron chi connectivity index (χ1n) is 10.4. The molecule has 0 aromatic carbocycles. The van der Waals surface area contributed by atoms with E-state index in [9.17, 15) is 14.4 Å². The molecule has 2 amide bonds. The number of hydrogen-bond donors (Lipinski definition) is 5. The number of carboxylic acid groups (broad SMARTS) is 1. The molecule has 33 heavy (non-hydrogen) atoms. The van der Waals surface area contributed by atoms with Gasteiger partial charge in [0.1, 0.15) is 18.7 Å². The van der Waals surface area contributed by atoms with Crippen LogP contribution in [0, 0.1) is 5.92 Å². The summed E-state index contributed by atoms with van der Waals surface area (Å²) >= 11 is 16.5. The second kappa shape index (κ2) is 16.3. The number of esters is 1. The lowest BCUT2D eigenvalue weighted by atomic mass is 9.98. The molecule has 0 aromatic rings. The molecule has 194 valence electrons. The van der Waals surface area contributed by atoms with Crippen molar-refractivity contribution in [2.45, 2.75) is 81.8 Å². The number of alkyl halides is 3. The highest BCUT2D eigenvalue weighted by Crippen LogP contribution is 2.26. The van der Waals surface area contributed by atoms with Gasteiger partial charge in [0.15, 0.2) is 0 Å². The van der Waals surface area contributed by atoms with Crippen LogP contribution < -0.4 is 21.7 Å². The summed E-state index contributed by atoms with van der Waals surface area (Å²) < 4.78 is 3.11. The van der Waals surface area contributed by atoms with Crippen molar-refractivity contribution in [3.63, 3.8) is 0 Å². The van der Waals surface area contributed by atoms with E-state index in [-0.39, 0.29) is 42.8 Å². The largest absolute Gasteiger partial charge is 0.483 e. The number of ether oxygens (including phenoxy) is 1. The van der Waals surface area contributed by atoms with Gasteiger partial charge in [0, 0.05) is 12.1 Å². The fourth-order valence-corrected chi connectivity index (χ4v) is 2.60. The van der Waals surface area contributed by atoms with Gasteiger partial charge in [0.2, 0.25) is 15.6 Å². The fraction of sp³-hybridized carbons (Fsp3) is 0.800. The molecule has 0 heterocycles. The van der Waals surface area contributed by atoms with E-state index in [1.165, 1.54) is 0 Å². The molecular weight excluding hydrogens is 499 g/mol. The van der Waals surface area contributed by atoms with Crippen molar-refractivity contribution >= 4 is 59.1 Å². The Balaban J connectivity index is 0. The molecule has 0 bridgehead atoms. The standard InChI is InChI=1S/C19H35Cl3N4O4.CH2O2/c1-11(2)14(26-18(4,5)6)16(28)25-12(3)15(27)24-9-7-8-13(23)17(29)30-10-19(20,21)22;2-1-3/h11-14,26H,7-10,23H2,1-6H3,(H,24,27)(H,25,28);1H,(H,2,3). The Hall–Kier alpha value is -1.33. The van der Waals surface area contributed by atoms with Crippen LogP contribution in [-0.4, -0.2) is 70.0 Å². The quantitative estimate of drug-likeness (QED) is 0.116. The Morgan fingerprint density at radius 1 is 1.09 bits per heavy atom. The van der Waals surface area contributed by atoms with Gasteiger partial charge in [-0.3, -0.25) is 19.2 Å². The van der Waals surface area contributed by atoms with Crippen molar-refractivity contribution in [2.24, 2.45) is 11.7 Å². The number of carbonyl (C=O) groups is 4. The minimum atomic E-state index is -1.69. The van der Waals surface area contributed by atoms with Crippen molar-refractivity contribution < 1.29 is 29.0 Å². The molecule has 6 N–H and O–H groups in total. The zero-order valence-corrected chi connectivity index (χ0v) is 22.2. The number of halogens is 3. The Bertz CT molecular complexity index is 624. The van der Waals surface area contributed by atoms with E-state index in [0.717, 1.165) is 0 Å². The normalized spacial score (nSPS) is 14.3. The number of nitrogens with two attached hydrogens (primary N) is 1. The highest BCUT2D eigenvalue weighted by molar-refractivity contribution is 6.67. The lowest BCUT2D eigenvalue weighted by Gasteiger charge is -2.31. The van der Waals surface area contributed by atoms with Crippen molar-refractivity contribution in [1.29, 1.82) is 0 Å². The molecule has 0 aliphatic rings. The van der Waals surface area contributed by atoms with Gasteiger partial charge in [-0.15, -0.1) is 0 Å².